The summed E-state index contributed by atoms with van der Waals surface area (Å²) in [6.45, 7) is 5.57. The van der Waals surface area contributed by atoms with Gasteiger partial charge in [-0.05, 0) is 28.8 Å². The summed E-state index contributed by atoms with van der Waals surface area (Å²) < 4.78 is 8.53. The summed E-state index contributed by atoms with van der Waals surface area (Å²) in [7, 11) is 1.96. The van der Waals surface area contributed by atoms with Crippen molar-refractivity contribution in [3.63, 3.8) is 0 Å². The number of nitrogens with zero attached hydrogens (tertiary/aromatic N) is 2. The molecule has 0 fully saturated rings. The third-order valence-corrected chi connectivity index (χ3v) is 3.76. The molecule has 1 heterocycles. The molecule has 0 aliphatic carbocycles. The maximum absolute atomic E-state index is 5.57. The molecule has 1 aromatic rings. The second kappa shape index (κ2) is 7.89. The van der Waals surface area contributed by atoms with Crippen LogP contribution in [0.2, 0.25) is 0 Å². The van der Waals surface area contributed by atoms with Crippen LogP contribution in [0.5, 0.6) is 0 Å². The van der Waals surface area contributed by atoms with Gasteiger partial charge in [0.15, 0.2) is 0 Å². The first-order valence-electron chi connectivity index (χ1n) is 6.38. The van der Waals surface area contributed by atoms with Gasteiger partial charge < -0.3 is 4.74 Å². The SMILES string of the molecule is CCCOCC(Cc1c(Br)c(CC)nn1C)NN. The van der Waals surface area contributed by atoms with Gasteiger partial charge in [0, 0.05) is 26.1 Å². The van der Waals surface area contributed by atoms with Crippen molar-refractivity contribution in [2.75, 3.05) is 13.2 Å². The van der Waals surface area contributed by atoms with E-state index in [-0.39, 0.29) is 6.04 Å². The average molecular weight is 319 g/mol. The Bertz CT molecular complexity index is 367. The van der Waals surface area contributed by atoms with Crippen LogP contribution in [-0.2, 0) is 24.6 Å². The smallest absolute Gasteiger partial charge is 0.0766 e. The van der Waals surface area contributed by atoms with Crippen molar-refractivity contribution in [3.05, 3.63) is 15.9 Å². The molecular weight excluding hydrogens is 296 g/mol. The Hall–Kier alpha value is -0.430. The molecule has 0 aliphatic rings. The van der Waals surface area contributed by atoms with Crippen LogP contribution in [0.1, 0.15) is 31.7 Å². The normalized spacial score (nSPS) is 12.9. The third kappa shape index (κ3) is 4.05. The zero-order chi connectivity index (χ0) is 13.5. The number of nitrogens with two attached hydrogens (primary N) is 1. The summed E-state index contributed by atoms with van der Waals surface area (Å²) in [5.74, 6) is 5.57. The minimum atomic E-state index is 0.105. The molecule has 1 unspecified atom stereocenters. The fourth-order valence-corrected chi connectivity index (χ4v) is 2.59. The van der Waals surface area contributed by atoms with Crippen LogP contribution in [0.4, 0.5) is 0 Å². The van der Waals surface area contributed by atoms with Crippen molar-refractivity contribution in [2.24, 2.45) is 12.9 Å². The molecule has 0 saturated heterocycles. The van der Waals surface area contributed by atoms with Crippen LogP contribution in [0, 0.1) is 0 Å². The number of hydrogen-bond donors (Lipinski definition) is 2. The number of halogens is 1. The predicted octanol–water partition coefficient (Wildman–Crippen LogP) is 1.55. The van der Waals surface area contributed by atoms with Crippen molar-refractivity contribution in [2.45, 2.75) is 39.2 Å². The lowest BCUT2D eigenvalue weighted by Gasteiger charge is -2.16. The summed E-state index contributed by atoms with van der Waals surface area (Å²) in [5, 5.41) is 4.47. The second-order valence-electron chi connectivity index (χ2n) is 4.33. The standard InChI is InChI=1S/C12H23BrN4O/c1-4-6-18-8-9(15-14)7-11-12(13)10(5-2)16-17(11)3/h9,15H,4-8,14H2,1-3H3. The van der Waals surface area contributed by atoms with Gasteiger partial charge in [-0.2, -0.15) is 5.10 Å². The Morgan fingerprint density at radius 3 is 2.72 bits per heavy atom. The number of hydrazine groups is 1. The maximum Gasteiger partial charge on any atom is 0.0766 e. The lowest BCUT2D eigenvalue weighted by molar-refractivity contribution is 0.111. The van der Waals surface area contributed by atoms with Gasteiger partial charge in [-0.3, -0.25) is 16.0 Å². The molecule has 0 aromatic carbocycles. The maximum atomic E-state index is 5.57. The number of ether oxygens (including phenoxy) is 1. The summed E-state index contributed by atoms with van der Waals surface area (Å²) in [4.78, 5) is 0. The predicted molar refractivity (Wildman–Crippen MR) is 76.2 cm³/mol. The highest BCUT2D eigenvalue weighted by Crippen LogP contribution is 2.22. The van der Waals surface area contributed by atoms with Crippen molar-refractivity contribution in [3.8, 4) is 0 Å². The van der Waals surface area contributed by atoms with Crippen LogP contribution >= 0.6 is 15.9 Å². The highest BCUT2D eigenvalue weighted by atomic mass is 79.9. The number of aryl methyl sites for hydroxylation is 2. The van der Waals surface area contributed by atoms with Crippen molar-refractivity contribution < 1.29 is 4.74 Å². The summed E-state index contributed by atoms with van der Waals surface area (Å²) in [5.41, 5.74) is 5.03. The Morgan fingerprint density at radius 2 is 2.22 bits per heavy atom. The number of rotatable bonds is 8. The molecule has 3 N–H and O–H groups in total. The van der Waals surface area contributed by atoms with Crippen LogP contribution in [0.25, 0.3) is 0 Å². The van der Waals surface area contributed by atoms with Gasteiger partial charge >= 0.3 is 0 Å². The van der Waals surface area contributed by atoms with E-state index in [2.05, 4.69) is 40.3 Å². The summed E-state index contributed by atoms with van der Waals surface area (Å²) in [6.07, 6.45) is 2.73. The van der Waals surface area contributed by atoms with Gasteiger partial charge in [0.1, 0.15) is 0 Å². The molecular formula is C12H23BrN4O. The molecule has 18 heavy (non-hydrogen) atoms. The molecule has 1 atom stereocenters. The Labute approximate surface area is 117 Å². The van der Waals surface area contributed by atoms with Crippen LogP contribution in [0.3, 0.4) is 0 Å². The van der Waals surface area contributed by atoms with Crippen LogP contribution in [0.15, 0.2) is 4.47 Å². The highest BCUT2D eigenvalue weighted by Gasteiger charge is 2.17. The Balaban J connectivity index is 2.66. The van der Waals surface area contributed by atoms with Crippen molar-refractivity contribution in [1.29, 1.82) is 0 Å². The quantitative estimate of drug-likeness (QED) is 0.433. The topological polar surface area (TPSA) is 65.1 Å². The number of nitrogens with one attached hydrogen (secondary N) is 1. The second-order valence-corrected chi connectivity index (χ2v) is 5.12. The van der Waals surface area contributed by atoms with E-state index in [1.165, 1.54) is 0 Å². The van der Waals surface area contributed by atoms with Gasteiger partial charge in [0.2, 0.25) is 0 Å². The first-order chi connectivity index (χ1) is 8.63. The average Bonchev–Trinajstić information content (AvgIpc) is 2.64. The van der Waals surface area contributed by atoms with E-state index < -0.39 is 0 Å². The monoisotopic (exact) mass is 318 g/mol. The molecule has 5 nitrogen and oxygen atoms in total. The zero-order valence-electron chi connectivity index (χ0n) is 11.4. The van der Waals surface area contributed by atoms with Crippen molar-refractivity contribution in [1.82, 2.24) is 15.2 Å². The molecule has 0 saturated carbocycles. The first-order valence-corrected chi connectivity index (χ1v) is 7.17. The third-order valence-electron chi connectivity index (χ3n) is 2.85. The van der Waals surface area contributed by atoms with E-state index >= 15 is 0 Å². The fourth-order valence-electron chi connectivity index (χ4n) is 1.81. The van der Waals surface area contributed by atoms with E-state index in [0.717, 1.165) is 41.7 Å². The van der Waals surface area contributed by atoms with E-state index in [4.69, 9.17) is 10.6 Å². The van der Waals surface area contributed by atoms with E-state index in [0.29, 0.717) is 6.61 Å². The Kier molecular flexibility index (Phi) is 6.85. The van der Waals surface area contributed by atoms with E-state index in [1.54, 1.807) is 0 Å². The summed E-state index contributed by atoms with van der Waals surface area (Å²) >= 11 is 3.61. The molecule has 0 aliphatic heterocycles. The largest absolute Gasteiger partial charge is 0.380 e. The molecule has 1 aromatic heterocycles. The molecule has 6 heteroatoms. The molecule has 104 valence electrons. The molecule has 0 radical (unpaired) electrons. The van der Waals surface area contributed by atoms with Crippen LogP contribution in [-0.4, -0.2) is 29.0 Å². The minimum absolute atomic E-state index is 0.105. The van der Waals surface area contributed by atoms with Gasteiger partial charge in [-0.25, -0.2) is 0 Å². The Morgan fingerprint density at radius 1 is 1.50 bits per heavy atom. The molecule has 0 spiro atoms. The lowest BCUT2D eigenvalue weighted by atomic mass is 10.1. The van der Waals surface area contributed by atoms with E-state index in [9.17, 15) is 0 Å². The van der Waals surface area contributed by atoms with Crippen molar-refractivity contribution >= 4 is 15.9 Å². The minimum Gasteiger partial charge on any atom is -0.380 e. The number of hydrogen-bond acceptors (Lipinski definition) is 4. The first kappa shape index (κ1) is 15.6. The molecule has 1 rings (SSSR count). The van der Waals surface area contributed by atoms with Gasteiger partial charge in [-0.1, -0.05) is 13.8 Å². The van der Waals surface area contributed by atoms with Gasteiger partial charge in [-0.15, -0.1) is 0 Å². The highest BCUT2D eigenvalue weighted by molar-refractivity contribution is 9.10. The fraction of sp³-hybridized carbons (Fsp3) is 0.750. The molecule has 0 amide bonds. The van der Waals surface area contributed by atoms with E-state index in [1.807, 2.05) is 11.7 Å². The molecule has 0 bridgehead atoms. The summed E-state index contributed by atoms with van der Waals surface area (Å²) in [6, 6.07) is 0.105. The number of aromatic nitrogens is 2. The lowest BCUT2D eigenvalue weighted by Crippen LogP contribution is -2.40. The van der Waals surface area contributed by atoms with Crippen LogP contribution < -0.4 is 11.3 Å². The van der Waals surface area contributed by atoms with Gasteiger partial charge in [0.05, 0.1) is 22.5 Å². The van der Waals surface area contributed by atoms with Gasteiger partial charge in [0.25, 0.3) is 0 Å². The zero-order valence-corrected chi connectivity index (χ0v) is 13.0.